The molecule has 0 unspecified atom stereocenters. The zero-order valence-electron chi connectivity index (χ0n) is 6.90. The molecule has 0 radical (unpaired) electrons. The summed E-state index contributed by atoms with van der Waals surface area (Å²) in [6.45, 7) is 0.834. The quantitative estimate of drug-likeness (QED) is 0.691. The lowest BCUT2D eigenvalue weighted by molar-refractivity contribution is 0.350. The SMILES string of the molecule is c1cc(C2(c3ccsc3)CO2)cs1. The fourth-order valence-corrected chi connectivity index (χ4v) is 3.00. The van der Waals surface area contributed by atoms with Gasteiger partial charge in [0, 0.05) is 11.1 Å². The molecule has 0 amide bonds. The average Bonchev–Trinajstić information content (AvgIpc) is 2.68. The molecule has 1 aliphatic heterocycles. The molecular weight excluding hydrogens is 200 g/mol. The first kappa shape index (κ1) is 7.74. The van der Waals surface area contributed by atoms with E-state index < -0.39 is 0 Å². The highest BCUT2D eigenvalue weighted by Crippen LogP contribution is 2.46. The van der Waals surface area contributed by atoms with Gasteiger partial charge in [0.1, 0.15) is 5.60 Å². The van der Waals surface area contributed by atoms with Crippen LogP contribution in [-0.2, 0) is 10.3 Å². The topological polar surface area (TPSA) is 12.5 Å². The third-order valence-corrected chi connectivity index (χ3v) is 3.77. The zero-order valence-corrected chi connectivity index (χ0v) is 8.53. The molecule has 1 saturated heterocycles. The van der Waals surface area contributed by atoms with Gasteiger partial charge in [0.15, 0.2) is 0 Å². The molecule has 1 fully saturated rings. The highest BCUT2D eigenvalue weighted by Gasteiger charge is 2.48. The minimum Gasteiger partial charge on any atom is -0.359 e. The lowest BCUT2D eigenvalue weighted by Crippen LogP contribution is -2.07. The van der Waals surface area contributed by atoms with Crippen LogP contribution in [0, 0.1) is 0 Å². The Balaban J connectivity index is 2.08. The summed E-state index contributed by atoms with van der Waals surface area (Å²) in [4.78, 5) is 0. The average molecular weight is 208 g/mol. The predicted octanol–water partition coefficient (Wildman–Crippen LogP) is 3.08. The van der Waals surface area contributed by atoms with Gasteiger partial charge in [0.05, 0.1) is 6.61 Å². The fourth-order valence-electron chi connectivity index (χ4n) is 1.56. The summed E-state index contributed by atoms with van der Waals surface area (Å²) >= 11 is 3.45. The molecule has 1 nitrogen and oxygen atoms in total. The Morgan fingerprint density at radius 3 is 1.92 bits per heavy atom. The highest BCUT2D eigenvalue weighted by molar-refractivity contribution is 7.08. The van der Waals surface area contributed by atoms with Crippen molar-refractivity contribution in [2.75, 3.05) is 6.61 Å². The summed E-state index contributed by atoms with van der Waals surface area (Å²) in [6.07, 6.45) is 0. The monoisotopic (exact) mass is 208 g/mol. The number of ether oxygens (including phenoxy) is 1. The standard InChI is InChI=1S/C10H8OS2/c1-3-12-5-8(1)10(7-11-10)9-2-4-13-6-9/h1-6H,7H2. The second-order valence-corrected chi connectivity index (χ2v) is 4.70. The van der Waals surface area contributed by atoms with Crippen molar-refractivity contribution in [1.82, 2.24) is 0 Å². The lowest BCUT2D eigenvalue weighted by Gasteiger charge is -2.06. The van der Waals surface area contributed by atoms with E-state index in [4.69, 9.17) is 4.74 Å². The van der Waals surface area contributed by atoms with Crippen LogP contribution >= 0.6 is 22.7 Å². The Bertz CT molecular complexity index is 348. The molecule has 0 N–H and O–H groups in total. The highest BCUT2D eigenvalue weighted by atomic mass is 32.1. The van der Waals surface area contributed by atoms with Gasteiger partial charge in [0.25, 0.3) is 0 Å². The summed E-state index contributed by atoms with van der Waals surface area (Å²) < 4.78 is 5.60. The van der Waals surface area contributed by atoms with Gasteiger partial charge < -0.3 is 4.74 Å². The molecule has 3 rings (SSSR count). The van der Waals surface area contributed by atoms with E-state index in [0.717, 1.165) is 6.61 Å². The summed E-state index contributed by atoms with van der Waals surface area (Å²) in [6, 6.07) is 4.30. The first-order valence-corrected chi connectivity index (χ1v) is 6.00. The molecule has 1 aliphatic rings. The molecule has 2 aromatic rings. The van der Waals surface area contributed by atoms with Crippen molar-refractivity contribution in [2.24, 2.45) is 0 Å². The van der Waals surface area contributed by atoms with E-state index in [1.54, 1.807) is 22.7 Å². The zero-order chi connectivity index (χ0) is 8.73. The molecule has 2 aromatic heterocycles. The molecule has 0 atom stereocenters. The fraction of sp³-hybridized carbons (Fsp3) is 0.200. The van der Waals surface area contributed by atoms with Gasteiger partial charge >= 0.3 is 0 Å². The molecule has 0 aliphatic carbocycles. The normalized spacial score (nSPS) is 18.8. The van der Waals surface area contributed by atoms with Gasteiger partial charge in [-0.3, -0.25) is 0 Å². The van der Waals surface area contributed by atoms with Gasteiger partial charge in [-0.15, -0.1) is 0 Å². The number of hydrogen-bond acceptors (Lipinski definition) is 3. The van der Waals surface area contributed by atoms with E-state index in [1.165, 1.54) is 11.1 Å². The minimum atomic E-state index is -0.0833. The molecule has 3 heterocycles. The van der Waals surface area contributed by atoms with Crippen molar-refractivity contribution in [1.29, 1.82) is 0 Å². The maximum Gasteiger partial charge on any atom is 0.143 e. The third-order valence-electron chi connectivity index (χ3n) is 2.41. The summed E-state index contributed by atoms with van der Waals surface area (Å²) in [7, 11) is 0. The molecular formula is C10H8OS2. The lowest BCUT2D eigenvalue weighted by atomic mass is 9.97. The van der Waals surface area contributed by atoms with Crippen molar-refractivity contribution in [3.63, 3.8) is 0 Å². The van der Waals surface area contributed by atoms with Crippen LogP contribution in [0.2, 0.25) is 0 Å². The van der Waals surface area contributed by atoms with Gasteiger partial charge in [-0.2, -0.15) is 22.7 Å². The molecule has 0 aromatic carbocycles. The largest absolute Gasteiger partial charge is 0.359 e. The Hall–Kier alpha value is -0.640. The van der Waals surface area contributed by atoms with Crippen LogP contribution in [0.3, 0.4) is 0 Å². The smallest absolute Gasteiger partial charge is 0.143 e. The van der Waals surface area contributed by atoms with Crippen LogP contribution in [0.25, 0.3) is 0 Å². The maximum absolute atomic E-state index is 5.60. The van der Waals surface area contributed by atoms with Crippen LogP contribution in [0.1, 0.15) is 11.1 Å². The summed E-state index contributed by atoms with van der Waals surface area (Å²) in [5.41, 5.74) is 2.52. The van der Waals surface area contributed by atoms with E-state index in [2.05, 4.69) is 33.7 Å². The first-order valence-electron chi connectivity index (χ1n) is 4.11. The number of hydrogen-bond donors (Lipinski definition) is 0. The molecule has 13 heavy (non-hydrogen) atoms. The number of epoxide rings is 1. The number of thiophene rings is 2. The predicted molar refractivity (Wildman–Crippen MR) is 55.4 cm³/mol. The Kier molecular flexibility index (Phi) is 1.59. The van der Waals surface area contributed by atoms with Crippen LogP contribution in [-0.4, -0.2) is 6.61 Å². The minimum absolute atomic E-state index is 0.0833. The van der Waals surface area contributed by atoms with Gasteiger partial charge in [0.2, 0.25) is 0 Å². The van der Waals surface area contributed by atoms with Crippen molar-refractivity contribution in [3.05, 3.63) is 44.8 Å². The summed E-state index contributed by atoms with van der Waals surface area (Å²) in [5.74, 6) is 0. The third kappa shape index (κ3) is 1.08. The van der Waals surface area contributed by atoms with Gasteiger partial charge in [-0.1, -0.05) is 0 Å². The maximum atomic E-state index is 5.60. The van der Waals surface area contributed by atoms with Crippen molar-refractivity contribution >= 4 is 22.7 Å². The molecule has 66 valence electrons. The summed E-state index contributed by atoms with van der Waals surface area (Å²) in [5, 5.41) is 8.55. The van der Waals surface area contributed by atoms with Gasteiger partial charge in [-0.25, -0.2) is 0 Å². The van der Waals surface area contributed by atoms with Gasteiger partial charge in [-0.05, 0) is 33.7 Å². The molecule has 0 saturated carbocycles. The van der Waals surface area contributed by atoms with Crippen molar-refractivity contribution < 1.29 is 4.74 Å². The van der Waals surface area contributed by atoms with E-state index in [1.807, 2.05) is 0 Å². The first-order chi connectivity index (χ1) is 6.42. The van der Waals surface area contributed by atoms with Crippen molar-refractivity contribution in [2.45, 2.75) is 5.60 Å². The number of rotatable bonds is 2. The van der Waals surface area contributed by atoms with Crippen LogP contribution < -0.4 is 0 Å². The van der Waals surface area contributed by atoms with E-state index in [-0.39, 0.29) is 5.60 Å². The Labute approximate surface area is 84.6 Å². The second-order valence-electron chi connectivity index (χ2n) is 3.14. The second kappa shape index (κ2) is 2.67. The molecule has 3 heteroatoms. The van der Waals surface area contributed by atoms with E-state index in [9.17, 15) is 0 Å². The molecule has 0 bridgehead atoms. The van der Waals surface area contributed by atoms with Crippen LogP contribution in [0.5, 0.6) is 0 Å². The van der Waals surface area contributed by atoms with Crippen LogP contribution in [0.15, 0.2) is 33.7 Å². The van der Waals surface area contributed by atoms with E-state index in [0.29, 0.717) is 0 Å². The van der Waals surface area contributed by atoms with Crippen LogP contribution in [0.4, 0.5) is 0 Å². The van der Waals surface area contributed by atoms with E-state index >= 15 is 0 Å². The van der Waals surface area contributed by atoms with Crippen molar-refractivity contribution in [3.8, 4) is 0 Å². The Morgan fingerprint density at radius 1 is 1.08 bits per heavy atom. The Morgan fingerprint density at radius 2 is 1.62 bits per heavy atom. The molecule has 0 spiro atoms.